The van der Waals surface area contributed by atoms with Crippen molar-refractivity contribution in [3.8, 4) is 0 Å². The molecule has 0 amide bonds. The van der Waals surface area contributed by atoms with E-state index in [1.54, 1.807) is 6.08 Å². The van der Waals surface area contributed by atoms with Crippen LogP contribution in [0.2, 0.25) is 0 Å². The van der Waals surface area contributed by atoms with Gasteiger partial charge in [-0.1, -0.05) is 13.8 Å². The van der Waals surface area contributed by atoms with E-state index < -0.39 is 0 Å². The van der Waals surface area contributed by atoms with Crippen molar-refractivity contribution in [3.63, 3.8) is 0 Å². The molecule has 0 saturated carbocycles. The monoisotopic (exact) mass is 232 g/mol. The van der Waals surface area contributed by atoms with Crippen LogP contribution < -0.4 is 5.63 Å². The summed E-state index contributed by atoms with van der Waals surface area (Å²) in [4.78, 5) is 23.3. The maximum absolute atomic E-state index is 11.7. The highest BCUT2D eigenvalue weighted by molar-refractivity contribution is 6.01. The van der Waals surface area contributed by atoms with E-state index in [4.69, 9.17) is 4.42 Å². The minimum absolute atomic E-state index is 0.0150. The number of allylic oxidation sites excluding steroid dienone is 2. The lowest BCUT2D eigenvalue weighted by molar-refractivity contribution is -0.114. The first-order valence-electron chi connectivity index (χ1n) is 5.97. The predicted octanol–water partition coefficient (Wildman–Crippen LogP) is 2.43. The van der Waals surface area contributed by atoms with Crippen LogP contribution in [0.1, 0.15) is 42.7 Å². The molecule has 1 aromatic rings. The molecule has 0 bridgehead atoms. The molecule has 0 unspecified atom stereocenters. The van der Waals surface area contributed by atoms with Crippen molar-refractivity contribution >= 4 is 11.4 Å². The van der Waals surface area contributed by atoms with Crippen LogP contribution in [0.5, 0.6) is 0 Å². The van der Waals surface area contributed by atoms with Crippen LogP contribution in [-0.2, 0) is 17.6 Å². The first-order chi connectivity index (χ1) is 8.08. The van der Waals surface area contributed by atoms with E-state index in [0.717, 1.165) is 28.7 Å². The average molecular weight is 232 g/mol. The van der Waals surface area contributed by atoms with E-state index in [1.165, 1.54) is 0 Å². The molecule has 0 saturated heterocycles. The van der Waals surface area contributed by atoms with Gasteiger partial charge in [-0.2, -0.15) is 0 Å². The van der Waals surface area contributed by atoms with Crippen molar-refractivity contribution in [2.45, 2.75) is 40.0 Å². The van der Waals surface area contributed by atoms with Gasteiger partial charge in [0.15, 0.2) is 5.78 Å². The van der Waals surface area contributed by atoms with Crippen molar-refractivity contribution in [2.24, 2.45) is 0 Å². The highest BCUT2D eigenvalue weighted by Gasteiger charge is 2.23. The third-order valence-electron chi connectivity index (χ3n) is 3.29. The number of ketones is 1. The molecule has 0 spiro atoms. The molecule has 0 N–H and O–H groups in total. The standard InChI is InChI=1S/C14H16O3/c1-4-9-6-10(15)7-12-13(9)8(3)11(5-2)14(16)17-12/h6H,4-5,7H2,1-3H3. The van der Waals surface area contributed by atoms with Crippen molar-refractivity contribution in [1.29, 1.82) is 0 Å². The summed E-state index contributed by atoms with van der Waals surface area (Å²) in [7, 11) is 0. The van der Waals surface area contributed by atoms with E-state index >= 15 is 0 Å². The summed E-state index contributed by atoms with van der Waals surface area (Å²) >= 11 is 0. The fourth-order valence-corrected chi connectivity index (χ4v) is 2.45. The smallest absolute Gasteiger partial charge is 0.339 e. The number of hydrogen-bond acceptors (Lipinski definition) is 3. The molecule has 1 heterocycles. The zero-order valence-corrected chi connectivity index (χ0v) is 10.4. The molecule has 0 radical (unpaired) electrons. The summed E-state index contributed by atoms with van der Waals surface area (Å²) in [6, 6.07) is 0. The third kappa shape index (κ3) is 1.86. The van der Waals surface area contributed by atoms with Crippen LogP contribution in [0.15, 0.2) is 15.3 Å². The Morgan fingerprint density at radius 2 is 1.94 bits per heavy atom. The number of carbonyl (C=O) groups excluding carboxylic acids is 1. The van der Waals surface area contributed by atoms with Crippen LogP contribution in [-0.4, -0.2) is 5.78 Å². The Kier molecular flexibility index (Phi) is 3.01. The molecule has 3 nitrogen and oxygen atoms in total. The molecule has 0 atom stereocenters. The Morgan fingerprint density at radius 1 is 1.24 bits per heavy atom. The Balaban J connectivity index is 2.76. The summed E-state index contributed by atoms with van der Waals surface area (Å²) in [5.41, 5.74) is 3.35. The van der Waals surface area contributed by atoms with Crippen LogP contribution in [0.25, 0.3) is 5.57 Å². The molecule has 0 aromatic carbocycles. The summed E-state index contributed by atoms with van der Waals surface area (Å²) in [5, 5.41) is 0. The van der Waals surface area contributed by atoms with Gasteiger partial charge in [0.05, 0.1) is 6.42 Å². The van der Waals surface area contributed by atoms with Gasteiger partial charge < -0.3 is 4.42 Å². The number of fused-ring (bicyclic) bond motifs is 1. The molecular weight excluding hydrogens is 216 g/mol. The first-order valence-corrected chi connectivity index (χ1v) is 5.97. The lowest BCUT2D eigenvalue weighted by Gasteiger charge is -2.18. The molecule has 0 aliphatic heterocycles. The highest BCUT2D eigenvalue weighted by atomic mass is 16.4. The minimum Gasteiger partial charge on any atom is -0.427 e. The van der Waals surface area contributed by atoms with E-state index in [1.807, 2.05) is 20.8 Å². The molecule has 1 aromatic heterocycles. The molecular formula is C14H16O3. The zero-order valence-electron chi connectivity index (χ0n) is 10.4. The zero-order chi connectivity index (χ0) is 12.6. The fourth-order valence-electron chi connectivity index (χ4n) is 2.45. The van der Waals surface area contributed by atoms with Gasteiger partial charge in [0.25, 0.3) is 0 Å². The Labute approximate surface area is 100 Å². The van der Waals surface area contributed by atoms with Crippen molar-refractivity contribution < 1.29 is 9.21 Å². The quantitative estimate of drug-likeness (QED) is 0.786. The van der Waals surface area contributed by atoms with Crippen LogP contribution in [0.3, 0.4) is 0 Å². The molecule has 1 aliphatic carbocycles. The second-order valence-corrected chi connectivity index (χ2v) is 4.31. The Hall–Kier alpha value is -1.64. The van der Waals surface area contributed by atoms with Gasteiger partial charge in [0.1, 0.15) is 5.76 Å². The summed E-state index contributed by atoms with van der Waals surface area (Å²) < 4.78 is 5.29. The topological polar surface area (TPSA) is 47.3 Å². The number of carbonyl (C=O) groups is 1. The lowest BCUT2D eigenvalue weighted by Crippen LogP contribution is -2.18. The largest absolute Gasteiger partial charge is 0.427 e. The second-order valence-electron chi connectivity index (χ2n) is 4.31. The maximum Gasteiger partial charge on any atom is 0.339 e. The number of rotatable bonds is 2. The maximum atomic E-state index is 11.7. The molecule has 2 rings (SSSR count). The number of hydrogen-bond donors (Lipinski definition) is 0. The van der Waals surface area contributed by atoms with Gasteiger partial charge in [0, 0.05) is 11.1 Å². The van der Waals surface area contributed by atoms with Crippen molar-refractivity contribution in [3.05, 3.63) is 38.9 Å². The van der Waals surface area contributed by atoms with Gasteiger partial charge in [-0.25, -0.2) is 4.79 Å². The third-order valence-corrected chi connectivity index (χ3v) is 3.29. The fraction of sp³-hybridized carbons (Fsp3) is 0.429. The van der Waals surface area contributed by atoms with Crippen LogP contribution >= 0.6 is 0 Å². The summed E-state index contributed by atoms with van der Waals surface area (Å²) in [6.45, 7) is 5.88. The van der Waals surface area contributed by atoms with E-state index in [2.05, 4.69) is 0 Å². The van der Waals surface area contributed by atoms with Crippen LogP contribution in [0, 0.1) is 6.92 Å². The summed E-state index contributed by atoms with van der Waals surface area (Å²) in [5.74, 6) is 0.551. The van der Waals surface area contributed by atoms with Crippen molar-refractivity contribution in [2.75, 3.05) is 0 Å². The van der Waals surface area contributed by atoms with Gasteiger partial charge >= 0.3 is 5.63 Å². The SMILES string of the molecule is CCC1=CC(=O)Cc2oc(=O)c(CC)c(C)c21. The first kappa shape index (κ1) is 11.8. The summed E-state index contributed by atoms with van der Waals surface area (Å²) in [6.07, 6.45) is 3.32. The molecule has 90 valence electrons. The molecule has 17 heavy (non-hydrogen) atoms. The van der Waals surface area contributed by atoms with E-state index in [-0.39, 0.29) is 17.8 Å². The minimum atomic E-state index is -0.297. The van der Waals surface area contributed by atoms with E-state index in [9.17, 15) is 9.59 Å². The molecule has 0 fully saturated rings. The molecule has 1 aliphatic rings. The van der Waals surface area contributed by atoms with Gasteiger partial charge in [0.2, 0.25) is 0 Å². The van der Waals surface area contributed by atoms with E-state index in [0.29, 0.717) is 12.2 Å². The van der Waals surface area contributed by atoms with Crippen LogP contribution in [0.4, 0.5) is 0 Å². The highest BCUT2D eigenvalue weighted by Crippen LogP contribution is 2.30. The average Bonchev–Trinajstić information content (AvgIpc) is 2.27. The van der Waals surface area contributed by atoms with Gasteiger partial charge in [-0.3, -0.25) is 4.79 Å². The lowest BCUT2D eigenvalue weighted by atomic mass is 9.88. The molecule has 3 heteroatoms. The van der Waals surface area contributed by atoms with Crippen molar-refractivity contribution in [1.82, 2.24) is 0 Å². The second kappa shape index (κ2) is 4.32. The predicted molar refractivity (Wildman–Crippen MR) is 66.1 cm³/mol. The van der Waals surface area contributed by atoms with Gasteiger partial charge in [-0.05, 0) is 37.0 Å². The normalized spacial score (nSPS) is 14.5. The Bertz CT molecular complexity index is 562. The van der Waals surface area contributed by atoms with Gasteiger partial charge in [-0.15, -0.1) is 0 Å². The Morgan fingerprint density at radius 3 is 2.53 bits per heavy atom.